The van der Waals surface area contributed by atoms with Crippen molar-refractivity contribution in [2.75, 3.05) is 5.32 Å². The van der Waals surface area contributed by atoms with Gasteiger partial charge in [0.15, 0.2) is 11.6 Å². The fourth-order valence-electron chi connectivity index (χ4n) is 1.38. The standard InChI is InChI=1S/C10H8FN3O3/c1-5-8(13-10(15)16)9(14-17-5)6-2-3-12-4-7(6)11/h2-4,13H,1H3,(H,15,16). The Kier molecular flexibility index (Phi) is 2.73. The van der Waals surface area contributed by atoms with Gasteiger partial charge in [0.25, 0.3) is 0 Å². The molecule has 0 spiro atoms. The molecule has 0 aliphatic heterocycles. The summed E-state index contributed by atoms with van der Waals surface area (Å²) >= 11 is 0. The summed E-state index contributed by atoms with van der Waals surface area (Å²) in [5.41, 5.74) is 0.355. The van der Waals surface area contributed by atoms with Crippen molar-refractivity contribution in [3.8, 4) is 11.3 Å². The Morgan fingerprint density at radius 3 is 3.00 bits per heavy atom. The van der Waals surface area contributed by atoms with Crippen molar-refractivity contribution in [3.63, 3.8) is 0 Å². The van der Waals surface area contributed by atoms with Crippen LogP contribution in [-0.4, -0.2) is 21.3 Å². The summed E-state index contributed by atoms with van der Waals surface area (Å²) in [6, 6.07) is 1.39. The van der Waals surface area contributed by atoms with Gasteiger partial charge in [-0.15, -0.1) is 0 Å². The first-order chi connectivity index (χ1) is 8.09. The van der Waals surface area contributed by atoms with Crippen molar-refractivity contribution >= 4 is 11.8 Å². The van der Waals surface area contributed by atoms with Crippen molar-refractivity contribution in [1.29, 1.82) is 0 Å². The van der Waals surface area contributed by atoms with E-state index in [9.17, 15) is 9.18 Å². The molecule has 0 atom stereocenters. The van der Waals surface area contributed by atoms with Crippen molar-refractivity contribution in [2.45, 2.75) is 6.92 Å². The number of anilines is 1. The smallest absolute Gasteiger partial charge is 0.409 e. The molecule has 2 N–H and O–H groups in total. The zero-order chi connectivity index (χ0) is 12.4. The number of aromatic nitrogens is 2. The number of nitrogens with one attached hydrogen (secondary N) is 1. The van der Waals surface area contributed by atoms with Crippen LogP contribution < -0.4 is 5.32 Å². The van der Waals surface area contributed by atoms with Crippen molar-refractivity contribution in [2.24, 2.45) is 0 Å². The molecule has 2 rings (SSSR count). The minimum Gasteiger partial charge on any atom is -0.465 e. The molecule has 1 amide bonds. The normalized spacial score (nSPS) is 10.2. The molecule has 17 heavy (non-hydrogen) atoms. The Labute approximate surface area is 95.1 Å². The molecule has 2 aromatic heterocycles. The highest BCUT2D eigenvalue weighted by molar-refractivity contribution is 5.89. The van der Waals surface area contributed by atoms with Gasteiger partial charge in [-0.3, -0.25) is 10.3 Å². The number of halogens is 1. The lowest BCUT2D eigenvalue weighted by Gasteiger charge is -2.02. The first-order valence-electron chi connectivity index (χ1n) is 4.65. The van der Waals surface area contributed by atoms with Gasteiger partial charge in [0.1, 0.15) is 11.4 Å². The van der Waals surface area contributed by atoms with Crippen molar-refractivity contribution in [3.05, 3.63) is 30.0 Å². The summed E-state index contributed by atoms with van der Waals surface area (Å²) in [4.78, 5) is 14.2. The number of rotatable bonds is 2. The molecule has 2 heterocycles. The predicted octanol–water partition coefficient (Wildman–Crippen LogP) is 2.27. The molecule has 0 fully saturated rings. The van der Waals surface area contributed by atoms with E-state index in [1.54, 1.807) is 0 Å². The molecule has 0 aromatic carbocycles. The van der Waals surface area contributed by atoms with Gasteiger partial charge >= 0.3 is 6.09 Å². The topological polar surface area (TPSA) is 88.3 Å². The maximum absolute atomic E-state index is 13.5. The Morgan fingerprint density at radius 1 is 1.59 bits per heavy atom. The zero-order valence-corrected chi connectivity index (χ0v) is 8.77. The van der Waals surface area contributed by atoms with Crippen LogP contribution in [0.25, 0.3) is 11.3 Å². The van der Waals surface area contributed by atoms with E-state index >= 15 is 0 Å². The van der Waals surface area contributed by atoms with Gasteiger partial charge in [0, 0.05) is 11.8 Å². The van der Waals surface area contributed by atoms with Crippen LogP contribution >= 0.6 is 0 Å². The zero-order valence-electron chi connectivity index (χ0n) is 8.77. The number of carbonyl (C=O) groups is 1. The molecule has 0 saturated carbocycles. The van der Waals surface area contributed by atoms with Crippen LogP contribution in [0.4, 0.5) is 14.9 Å². The Bertz CT molecular complexity index is 568. The first kappa shape index (κ1) is 11.1. The second kappa shape index (κ2) is 4.20. The van der Waals surface area contributed by atoms with Gasteiger partial charge in [-0.1, -0.05) is 5.16 Å². The summed E-state index contributed by atoms with van der Waals surface area (Å²) in [7, 11) is 0. The van der Waals surface area contributed by atoms with E-state index in [1.165, 1.54) is 19.2 Å². The Balaban J connectivity index is 2.53. The number of aryl methyl sites for hydroxylation is 1. The predicted molar refractivity (Wildman–Crippen MR) is 56.1 cm³/mol. The van der Waals surface area contributed by atoms with Crippen LogP contribution in [0.2, 0.25) is 0 Å². The summed E-state index contributed by atoms with van der Waals surface area (Å²) in [6.07, 6.45) is 1.13. The van der Waals surface area contributed by atoms with E-state index in [1.807, 2.05) is 0 Å². The minimum atomic E-state index is -1.27. The monoisotopic (exact) mass is 237 g/mol. The van der Waals surface area contributed by atoms with E-state index in [2.05, 4.69) is 15.5 Å². The molecule has 0 unspecified atom stereocenters. The average molecular weight is 237 g/mol. The van der Waals surface area contributed by atoms with Crippen molar-refractivity contribution < 1.29 is 18.8 Å². The number of hydrogen-bond acceptors (Lipinski definition) is 4. The van der Waals surface area contributed by atoms with E-state index in [-0.39, 0.29) is 22.7 Å². The molecule has 0 radical (unpaired) electrons. The lowest BCUT2D eigenvalue weighted by molar-refractivity contribution is 0.209. The quantitative estimate of drug-likeness (QED) is 0.836. The summed E-state index contributed by atoms with van der Waals surface area (Å²) in [5, 5.41) is 14.4. The fourth-order valence-corrected chi connectivity index (χ4v) is 1.38. The van der Waals surface area contributed by atoms with Crippen LogP contribution in [0.1, 0.15) is 5.76 Å². The summed E-state index contributed by atoms with van der Waals surface area (Å²) < 4.78 is 18.3. The van der Waals surface area contributed by atoms with E-state index < -0.39 is 11.9 Å². The summed E-state index contributed by atoms with van der Waals surface area (Å²) in [6.45, 7) is 1.53. The maximum Gasteiger partial charge on any atom is 0.409 e. The molecule has 0 bridgehead atoms. The van der Waals surface area contributed by atoms with Crippen LogP contribution in [0.5, 0.6) is 0 Å². The molecule has 0 saturated heterocycles. The second-order valence-electron chi connectivity index (χ2n) is 3.25. The van der Waals surface area contributed by atoms with Gasteiger partial charge in [0.2, 0.25) is 0 Å². The van der Waals surface area contributed by atoms with Gasteiger partial charge in [0.05, 0.1) is 6.20 Å². The van der Waals surface area contributed by atoms with Crippen LogP contribution in [0.15, 0.2) is 23.0 Å². The number of nitrogens with zero attached hydrogens (tertiary/aromatic N) is 2. The van der Waals surface area contributed by atoms with E-state index in [0.717, 1.165) is 6.20 Å². The molecule has 2 aromatic rings. The third kappa shape index (κ3) is 2.07. The lowest BCUT2D eigenvalue weighted by Crippen LogP contribution is -2.08. The molecule has 0 aliphatic rings. The molecule has 6 nitrogen and oxygen atoms in total. The minimum absolute atomic E-state index is 0.102. The largest absolute Gasteiger partial charge is 0.465 e. The highest BCUT2D eigenvalue weighted by Gasteiger charge is 2.19. The van der Waals surface area contributed by atoms with Crippen LogP contribution in [0, 0.1) is 12.7 Å². The van der Waals surface area contributed by atoms with E-state index in [4.69, 9.17) is 9.63 Å². The molecular formula is C10H8FN3O3. The van der Waals surface area contributed by atoms with Gasteiger partial charge in [-0.25, -0.2) is 9.18 Å². The molecule has 88 valence electrons. The first-order valence-corrected chi connectivity index (χ1v) is 4.65. The van der Waals surface area contributed by atoms with Gasteiger partial charge < -0.3 is 9.63 Å². The third-order valence-electron chi connectivity index (χ3n) is 2.12. The molecular weight excluding hydrogens is 229 g/mol. The summed E-state index contributed by atoms with van der Waals surface area (Å²) in [5.74, 6) is -0.340. The van der Waals surface area contributed by atoms with E-state index in [0.29, 0.717) is 0 Å². The molecule has 7 heteroatoms. The van der Waals surface area contributed by atoms with Crippen LogP contribution in [0.3, 0.4) is 0 Å². The number of pyridine rings is 1. The Morgan fingerprint density at radius 2 is 2.35 bits per heavy atom. The SMILES string of the molecule is Cc1onc(-c2ccncc2F)c1NC(=O)O. The second-order valence-corrected chi connectivity index (χ2v) is 3.25. The maximum atomic E-state index is 13.5. The number of amides is 1. The Hall–Kier alpha value is -2.44. The average Bonchev–Trinajstić information content (AvgIpc) is 2.61. The molecule has 0 aliphatic carbocycles. The van der Waals surface area contributed by atoms with Crippen molar-refractivity contribution in [1.82, 2.24) is 10.1 Å². The number of carboxylic acid groups (broad SMARTS) is 1. The highest BCUT2D eigenvalue weighted by atomic mass is 19.1. The van der Waals surface area contributed by atoms with Crippen LogP contribution in [-0.2, 0) is 0 Å². The third-order valence-corrected chi connectivity index (χ3v) is 2.12. The fraction of sp³-hybridized carbons (Fsp3) is 0.100. The van der Waals surface area contributed by atoms with Gasteiger partial charge in [-0.05, 0) is 13.0 Å². The lowest BCUT2D eigenvalue weighted by atomic mass is 10.1. The number of hydrogen-bond donors (Lipinski definition) is 2. The highest BCUT2D eigenvalue weighted by Crippen LogP contribution is 2.31. The van der Waals surface area contributed by atoms with Gasteiger partial charge in [-0.2, -0.15) is 0 Å².